The van der Waals surface area contributed by atoms with Crippen LogP contribution < -0.4 is 10.2 Å². The third kappa shape index (κ3) is 4.91. The van der Waals surface area contributed by atoms with Gasteiger partial charge in [-0.05, 0) is 30.5 Å². The quantitative estimate of drug-likeness (QED) is 0.791. The number of amides is 1. The highest BCUT2D eigenvalue weighted by molar-refractivity contribution is 5.95. The predicted molar refractivity (Wildman–Crippen MR) is 78.6 cm³/mol. The number of carbonyl (C=O) groups excluding carboxylic acids is 1. The summed E-state index contributed by atoms with van der Waals surface area (Å²) in [5.74, 6) is 0.283. The van der Waals surface area contributed by atoms with Crippen molar-refractivity contribution in [2.24, 2.45) is 5.92 Å². The highest BCUT2D eigenvalue weighted by atomic mass is 16.3. The van der Waals surface area contributed by atoms with Gasteiger partial charge in [-0.3, -0.25) is 4.79 Å². The second-order valence-corrected chi connectivity index (χ2v) is 4.94. The molecule has 0 saturated heterocycles. The number of hydrogen-bond acceptors (Lipinski definition) is 3. The molecule has 4 heteroatoms. The van der Waals surface area contributed by atoms with Crippen LogP contribution in [-0.4, -0.2) is 38.3 Å². The lowest BCUT2D eigenvalue weighted by Gasteiger charge is -2.16. The van der Waals surface area contributed by atoms with Crippen molar-refractivity contribution in [2.75, 3.05) is 32.1 Å². The monoisotopic (exact) mass is 264 g/mol. The van der Waals surface area contributed by atoms with Crippen LogP contribution in [0.15, 0.2) is 24.3 Å². The van der Waals surface area contributed by atoms with Gasteiger partial charge in [-0.25, -0.2) is 0 Å². The van der Waals surface area contributed by atoms with Crippen LogP contribution in [0.25, 0.3) is 0 Å². The topological polar surface area (TPSA) is 52.6 Å². The van der Waals surface area contributed by atoms with E-state index in [2.05, 4.69) is 12.2 Å². The van der Waals surface area contributed by atoms with E-state index in [1.165, 1.54) is 0 Å². The maximum atomic E-state index is 12.1. The minimum atomic E-state index is -0.0555. The Balaban J connectivity index is 2.60. The van der Waals surface area contributed by atoms with Gasteiger partial charge in [-0.2, -0.15) is 0 Å². The van der Waals surface area contributed by atoms with E-state index in [0.717, 1.165) is 18.5 Å². The Morgan fingerprint density at radius 3 is 2.74 bits per heavy atom. The van der Waals surface area contributed by atoms with Crippen molar-refractivity contribution in [3.8, 4) is 0 Å². The molecular formula is C15H24N2O2. The second kappa shape index (κ2) is 7.79. The van der Waals surface area contributed by atoms with E-state index in [-0.39, 0.29) is 12.5 Å². The minimum absolute atomic E-state index is 0.0555. The summed E-state index contributed by atoms with van der Waals surface area (Å²) in [6.07, 6.45) is 1.69. The normalized spacial score (nSPS) is 12.0. The maximum Gasteiger partial charge on any atom is 0.251 e. The fraction of sp³-hybridized carbons (Fsp3) is 0.533. The largest absolute Gasteiger partial charge is 0.396 e. The first kappa shape index (κ1) is 15.5. The number of rotatable bonds is 7. The Morgan fingerprint density at radius 2 is 2.16 bits per heavy atom. The van der Waals surface area contributed by atoms with Gasteiger partial charge in [0.1, 0.15) is 0 Å². The third-order valence-corrected chi connectivity index (χ3v) is 3.29. The molecule has 0 aliphatic heterocycles. The smallest absolute Gasteiger partial charge is 0.251 e. The van der Waals surface area contributed by atoms with E-state index in [1.54, 1.807) is 0 Å². The summed E-state index contributed by atoms with van der Waals surface area (Å²) in [6, 6.07) is 7.55. The van der Waals surface area contributed by atoms with E-state index in [0.29, 0.717) is 18.0 Å². The molecule has 0 heterocycles. The number of nitrogens with one attached hydrogen (secondary N) is 1. The van der Waals surface area contributed by atoms with Gasteiger partial charge in [0.25, 0.3) is 5.91 Å². The molecule has 0 aliphatic rings. The Kier molecular flexibility index (Phi) is 6.36. The number of benzene rings is 1. The zero-order valence-corrected chi connectivity index (χ0v) is 12.0. The number of nitrogens with zero attached hydrogens (tertiary/aromatic N) is 1. The molecule has 0 radical (unpaired) electrons. The van der Waals surface area contributed by atoms with Crippen molar-refractivity contribution in [2.45, 2.75) is 19.8 Å². The SMILES string of the molecule is CCC(CCO)CNC(=O)c1cccc(N(C)C)c1. The van der Waals surface area contributed by atoms with Gasteiger partial charge in [0.05, 0.1) is 0 Å². The van der Waals surface area contributed by atoms with Crippen molar-refractivity contribution in [3.05, 3.63) is 29.8 Å². The molecule has 1 atom stereocenters. The van der Waals surface area contributed by atoms with Crippen LogP contribution in [-0.2, 0) is 0 Å². The lowest BCUT2D eigenvalue weighted by atomic mass is 10.0. The van der Waals surface area contributed by atoms with Gasteiger partial charge in [0, 0.05) is 38.5 Å². The molecule has 19 heavy (non-hydrogen) atoms. The van der Waals surface area contributed by atoms with E-state index in [9.17, 15) is 4.79 Å². The number of anilines is 1. The highest BCUT2D eigenvalue weighted by Crippen LogP contribution is 2.13. The average Bonchev–Trinajstić information content (AvgIpc) is 2.43. The van der Waals surface area contributed by atoms with E-state index in [1.807, 2.05) is 43.3 Å². The Hall–Kier alpha value is -1.55. The molecule has 1 amide bonds. The van der Waals surface area contributed by atoms with E-state index >= 15 is 0 Å². The maximum absolute atomic E-state index is 12.1. The van der Waals surface area contributed by atoms with Crippen LogP contribution in [0.1, 0.15) is 30.1 Å². The summed E-state index contributed by atoms with van der Waals surface area (Å²) in [5.41, 5.74) is 1.68. The summed E-state index contributed by atoms with van der Waals surface area (Å²) in [4.78, 5) is 14.0. The minimum Gasteiger partial charge on any atom is -0.396 e. The average molecular weight is 264 g/mol. The molecule has 0 aromatic heterocycles. The van der Waals surface area contributed by atoms with Crippen LogP contribution in [0.2, 0.25) is 0 Å². The van der Waals surface area contributed by atoms with Gasteiger partial charge < -0.3 is 15.3 Å². The van der Waals surface area contributed by atoms with Crippen molar-refractivity contribution in [1.29, 1.82) is 0 Å². The van der Waals surface area contributed by atoms with Crippen molar-refractivity contribution in [3.63, 3.8) is 0 Å². The lowest BCUT2D eigenvalue weighted by molar-refractivity contribution is 0.0943. The summed E-state index contributed by atoms with van der Waals surface area (Å²) in [5, 5.41) is 11.9. The zero-order chi connectivity index (χ0) is 14.3. The first-order valence-electron chi connectivity index (χ1n) is 6.75. The summed E-state index contributed by atoms with van der Waals surface area (Å²) >= 11 is 0. The van der Waals surface area contributed by atoms with Crippen molar-refractivity contribution < 1.29 is 9.90 Å². The molecule has 1 unspecified atom stereocenters. The molecule has 0 spiro atoms. The first-order valence-corrected chi connectivity index (χ1v) is 6.75. The summed E-state index contributed by atoms with van der Waals surface area (Å²) in [6.45, 7) is 2.85. The summed E-state index contributed by atoms with van der Waals surface area (Å²) < 4.78 is 0. The highest BCUT2D eigenvalue weighted by Gasteiger charge is 2.10. The van der Waals surface area contributed by atoms with E-state index in [4.69, 9.17) is 5.11 Å². The van der Waals surface area contributed by atoms with E-state index < -0.39 is 0 Å². The first-order chi connectivity index (χ1) is 9.08. The molecular weight excluding hydrogens is 240 g/mol. The lowest BCUT2D eigenvalue weighted by Crippen LogP contribution is -2.29. The number of carbonyl (C=O) groups is 1. The van der Waals surface area contributed by atoms with Crippen LogP contribution >= 0.6 is 0 Å². The number of hydrogen-bond donors (Lipinski definition) is 2. The molecule has 1 rings (SSSR count). The van der Waals surface area contributed by atoms with Crippen LogP contribution in [0.5, 0.6) is 0 Å². The Labute approximate surface area is 115 Å². The number of aliphatic hydroxyl groups is 1. The second-order valence-electron chi connectivity index (χ2n) is 4.94. The van der Waals surface area contributed by atoms with Crippen LogP contribution in [0.4, 0.5) is 5.69 Å². The molecule has 0 saturated carbocycles. The molecule has 0 fully saturated rings. The standard InChI is InChI=1S/C15H24N2O2/c1-4-12(8-9-18)11-16-15(19)13-6-5-7-14(10-13)17(2)3/h5-7,10,12,18H,4,8-9,11H2,1-3H3,(H,16,19). The predicted octanol–water partition coefficient (Wildman–Crippen LogP) is 1.89. The number of aliphatic hydroxyl groups excluding tert-OH is 1. The molecule has 1 aromatic carbocycles. The summed E-state index contributed by atoms with van der Waals surface area (Å²) in [7, 11) is 3.90. The fourth-order valence-corrected chi connectivity index (χ4v) is 1.90. The van der Waals surface area contributed by atoms with Gasteiger partial charge in [-0.15, -0.1) is 0 Å². The van der Waals surface area contributed by atoms with Gasteiger partial charge in [0.15, 0.2) is 0 Å². The molecule has 2 N–H and O–H groups in total. The van der Waals surface area contributed by atoms with Gasteiger partial charge in [-0.1, -0.05) is 19.4 Å². The van der Waals surface area contributed by atoms with Crippen molar-refractivity contribution >= 4 is 11.6 Å². The molecule has 106 valence electrons. The molecule has 4 nitrogen and oxygen atoms in total. The fourth-order valence-electron chi connectivity index (χ4n) is 1.90. The Bertz CT molecular complexity index is 405. The Morgan fingerprint density at radius 1 is 1.42 bits per heavy atom. The van der Waals surface area contributed by atoms with Crippen LogP contribution in [0, 0.1) is 5.92 Å². The third-order valence-electron chi connectivity index (χ3n) is 3.29. The molecule has 0 aliphatic carbocycles. The van der Waals surface area contributed by atoms with Crippen LogP contribution in [0.3, 0.4) is 0 Å². The van der Waals surface area contributed by atoms with Gasteiger partial charge >= 0.3 is 0 Å². The van der Waals surface area contributed by atoms with Gasteiger partial charge in [0.2, 0.25) is 0 Å². The van der Waals surface area contributed by atoms with Crippen molar-refractivity contribution in [1.82, 2.24) is 5.32 Å². The zero-order valence-electron chi connectivity index (χ0n) is 12.0. The molecule has 0 bridgehead atoms. The molecule has 1 aromatic rings.